The minimum absolute atomic E-state index is 0.869. The van der Waals surface area contributed by atoms with Crippen molar-refractivity contribution in [1.82, 2.24) is 0 Å². The molecule has 2 heterocycles. The van der Waals surface area contributed by atoms with E-state index in [0.29, 0.717) is 0 Å². The molecule has 0 bridgehead atoms. The first-order chi connectivity index (χ1) is 31.2. The summed E-state index contributed by atoms with van der Waals surface area (Å²) in [4.78, 5) is 2.35. The standard InChI is InChI=1S/C60H41NO2/c1-3-11-40(12-4-1)42-21-23-44(24-22-42)46-15-9-16-51(37-46)61(49-31-25-43(26-32-49)41-13-5-2-6-14-41)50-33-27-45(28-34-50)52-18-10-20-57-60(52)55-36-30-48(39-59(55)63-57)47-29-35-54-53-17-7-8-19-56(53)62-58(54)38-47/h1-6,8-16,18-39H,7,17H2. The summed E-state index contributed by atoms with van der Waals surface area (Å²) >= 11 is 0. The first-order valence-electron chi connectivity index (χ1n) is 21.7. The summed E-state index contributed by atoms with van der Waals surface area (Å²) in [5.41, 5.74) is 18.9. The Kier molecular flexibility index (Phi) is 8.97. The Balaban J connectivity index is 0.899. The van der Waals surface area contributed by atoms with E-state index < -0.39 is 0 Å². The maximum absolute atomic E-state index is 6.59. The van der Waals surface area contributed by atoms with Crippen molar-refractivity contribution in [3.63, 3.8) is 0 Å². The van der Waals surface area contributed by atoms with Gasteiger partial charge in [-0.25, -0.2) is 0 Å². The van der Waals surface area contributed by atoms with E-state index in [1.54, 1.807) is 0 Å². The van der Waals surface area contributed by atoms with Gasteiger partial charge in [0.15, 0.2) is 0 Å². The molecule has 0 unspecified atom stereocenters. The highest BCUT2D eigenvalue weighted by atomic mass is 16.3. The molecule has 0 aliphatic heterocycles. The average Bonchev–Trinajstić information content (AvgIpc) is 3.93. The van der Waals surface area contributed by atoms with E-state index in [4.69, 9.17) is 8.83 Å². The molecular weight excluding hydrogens is 767 g/mol. The minimum Gasteiger partial charge on any atom is -0.456 e. The van der Waals surface area contributed by atoms with Gasteiger partial charge in [0.2, 0.25) is 0 Å². The van der Waals surface area contributed by atoms with Crippen LogP contribution in [-0.4, -0.2) is 0 Å². The Morgan fingerprint density at radius 3 is 1.52 bits per heavy atom. The predicted molar refractivity (Wildman–Crippen MR) is 263 cm³/mol. The van der Waals surface area contributed by atoms with Crippen LogP contribution < -0.4 is 4.90 Å². The highest BCUT2D eigenvalue weighted by Gasteiger charge is 2.19. The summed E-state index contributed by atoms with van der Waals surface area (Å²) in [7, 11) is 0. The first-order valence-corrected chi connectivity index (χ1v) is 21.7. The molecule has 0 radical (unpaired) electrons. The van der Waals surface area contributed by atoms with Crippen LogP contribution in [0.5, 0.6) is 0 Å². The van der Waals surface area contributed by atoms with E-state index >= 15 is 0 Å². The lowest BCUT2D eigenvalue weighted by Gasteiger charge is -2.26. The van der Waals surface area contributed by atoms with Crippen LogP contribution in [0, 0.1) is 0 Å². The SMILES string of the molecule is C1=Cc2oc3cc(-c4ccc5c(c4)oc4cccc(-c6ccc(N(c7ccc(-c8ccccc8)cc7)c7cccc(-c8ccc(-c9ccccc9)cc8)c7)cc6)c45)ccc3c2CC1. The van der Waals surface area contributed by atoms with Crippen molar-refractivity contribution < 1.29 is 8.83 Å². The average molecular weight is 808 g/mol. The van der Waals surface area contributed by atoms with Gasteiger partial charge in [0.25, 0.3) is 0 Å². The number of rotatable bonds is 8. The Bertz CT molecular complexity index is 3470. The van der Waals surface area contributed by atoms with Gasteiger partial charge < -0.3 is 13.7 Å². The zero-order valence-electron chi connectivity index (χ0n) is 34.5. The number of benzene rings is 9. The normalized spacial score (nSPS) is 12.3. The van der Waals surface area contributed by atoms with Crippen molar-refractivity contribution in [2.45, 2.75) is 12.8 Å². The number of fused-ring (bicyclic) bond motifs is 6. The molecular formula is C60H41NO2. The zero-order chi connectivity index (χ0) is 41.7. The summed E-state index contributed by atoms with van der Waals surface area (Å²) in [6.45, 7) is 0. The minimum atomic E-state index is 0.869. The molecule has 0 N–H and O–H groups in total. The van der Waals surface area contributed by atoms with E-state index in [1.165, 1.54) is 38.8 Å². The quantitative estimate of drug-likeness (QED) is 0.153. The van der Waals surface area contributed by atoms with Crippen LogP contribution in [0.4, 0.5) is 17.1 Å². The van der Waals surface area contributed by atoms with Crippen molar-refractivity contribution in [3.8, 4) is 55.6 Å². The van der Waals surface area contributed by atoms with Gasteiger partial charge in [-0.2, -0.15) is 0 Å². The van der Waals surface area contributed by atoms with Gasteiger partial charge in [-0.1, -0.05) is 158 Å². The van der Waals surface area contributed by atoms with Crippen molar-refractivity contribution >= 4 is 56.0 Å². The van der Waals surface area contributed by atoms with Gasteiger partial charge >= 0.3 is 0 Å². The second kappa shape index (κ2) is 15.4. The lowest BCUT2D eigenvalue weighted by molar-refractivity contribution is 0.595. The Hall–Kier alpha value is -8.14. The van der Waals surface area contributed by atoms with E-state index in [1.807, 2.05) is 0 Å². The fraction of sp³-hybridized carbons (Fsp3) is 0.0333. The monoisotopic (exact) mass is 807 g/mol. The van der Waals surface area contributed by atoms with Crippen LogP contribution in [0.25, 0.3) is 94.6 Å². The summed E-state index contributed by atoms with van der Waals surface area (Å²) in [5.74, 6) is 0.988. The van der Waals surface area contributed by atoms with Crippen molar-refractivity contribution in [2.75, 3.05) is 4.90 Å². The second-order valence-electron chi connectivity index (χ2n) is 16.4. The van der Waals surface area contributed by atoms with Crippen LogP contribution in [0.3, 0.4) is 0 Å². The molecule has 12 rings (SSSR count). The predicted octanol–water partition coefficient (Wildman–Crippen LogP) is 17.1. The van der Waals surface area contributed by atoms with Crippen LogP contribution in [0.15, 0.2) is 227 Å². The molecule has 0 spiro atoms. The van der Waals surface area contributed by atoms with E-state index in [9.17, 15) is 0 Å². The molecule has 298 valence electrons. The lowest BCUT2D eigenvalue weighted by Crippen LogP contribution is -2.10. The topological polar surface area (TPSA) is 29.5 Å². The van der Waals surface area contributed by atoms with Gasteiger partial charge in [0, 0.05) is 38.8 Å². The molecule has 63 heavy (non-hydrogen) atoms. The summed E-state index contributed by atoms with van der Waals surface area (Å²) in [6, 6.07) is 76.1. The molecule has 0 atom stereocenters. The molecule has 9 aromatic carbocycles. The number of anilines is 3. The number of furan rings is 2. The van der Waals surface area contributed by atoms with Crippen LogP contribution in [-0.2, 0) is 6.42 Å². The van der Waals surface area contributed by atoms with Crippen LogP contribution >= 0.6 is 0 Å². The highest BCUT2D eigenvalue weighted by Crippen LogP contribution is 2.42. The van der Waals surface area contributed by atoms with E-state index in [-0.39, 0.29) is 0 Å². The van der Waals surface area contributed by atoms with Gasteiger partial charge in [-0.05, 0) is 135 Å². The van der Waals surface area contributed by atoms with Gasteiger partial charge in [-0.3, -0.25) is 0 Å². The zero-order valence-corrected chi connectivity index (χ0v) is 34.5. The van der Waals surface area contributed by atoms with Gasteiger partial charge in [0.1, 0.15) is 22.5 Å². The number of hydrogen-bond acceptors (Lipinski definition) is 3. The molecule has 0 amide bonds. The molecule has 0 saturated carbocycles. The van der Waals surface area contributed by atoms with E-state index in [0.717, 1.165) is 91.0 Å². The fourth-order valence-electron chi connectivity index (χ4n) is 9.39. The molecule has 3 nitrogen and oxygen atoms in total. The number of hydrogen-bond donors (Lipinski definition) is 0. The summed E-state index contributed by atoms with van der Waals surface area (Å²) < 4.78 is 12.9. The second-order valence-corrected chi connectivity index (χ2v) is 16.4. The van der Waals surface area contributed by atoms with Crippen LogP contribution in [0.1, 0.15) is 17.7 Å². The Morgan fingerprint density at radius 1 is 0.349 bits per heavy atom. The summed E-state index contributed by atoms with van der Waals surface area (Å²) in [5, 5.41) is 3.43. The Labute approximate surface area is 366 Å². The molecule has 3 heteroatoms. The van der Waals surface area contributed by atoms with Crippen molar-refractivity contribution in [2.24, 2.45) is 0 Å². The van der Waals surface area contributed by atoms with Gasteiger partial charge in [0.05, 0.1) is 0 Å². The molecule has 11 aromatic rings. The van der Waals surface area contributed by atoms with Crippen molar-refractivity contribution in [3.05, 3.63) is 230 Å². The lowest BCUT2D eigenvalue weighted by atomic mass is 9.96. The third-order valence-corrected chi connectivity index (χ3v) is 12.6. The maximum atomic E-state index is 6.59. The van der Waals surface area contributed by atoms with E-state index in [2.05, 4.69) is 229 Å². The maximum Gasteiger partial charge on any atom is 0.136 e. The molecule has 0 fully saturated rings. The summed E-state index contributed by atoms with van der Waals surface area (Å²) in [6.07, 6.45) is 6.38. The van der Waals surface area contributed by atoms with Crippen LogP contribution in [0.2, 0.25) is 0 Å². The Morgan fingerprint density at radius 2 is 0.857 bits per heavy atom. The molecule has 0 saturated heterocycles. The number of allylic oxidation sites excluding steroid dienone is 1. The fourth-order valence-corrected chi connectivity index (χ4v) is 9.39. The van der Waals surface area contributed by atoms with Gasteiger partial charge in [-0.15, -0.1) is 0 Å². The first kappa shape index (κ1) is 36.7. The molecule has 1 aliphatic carbocycles. The molecule has 1 aliphatic rings. The van der Waals surface area contributed by atoms with Crippen molar-refractivity contribution in [1.29, 1.82) is 0 Å². The highest BCUT2D eigenvalue weighted by molar-refractivity contribution is 6.13. The third-order valence-electron chi connectivity index (χ3n) is 12.6. The molecule has 2 aromatic heterocycles. The third kappa shape index (κ3) is 6.72. The number of nitrogens with zero attached hydrogens (tertiary/aromatic N) is 1. The smallest absolute Gasteiger partial charge is 0.136 e. The largest absolute Gasteiger partial charge is 0.456 e. The number of aryl methyl sites for hydroxylation is 1.